The Balaban J connectivity index is 1.22. The smallest absolute Gasteiger partial charge is 0.319 e. The van der Waals surface area contributed by atoms with Gasteiger partial charge in [0, 0.05) is 29.8 Å². The largest absolute Gasteiger partial charge is 0.487 e. The number of fused-ring (bicyclic) bond motifs is 3. The van der Waals surface area contributed by atoms with Crippen molar-refractivity contribution in [2.24, 2.45) is 0 Å². The predicted molar refractivity (Wildman–Crippen MR) is 131 cm³/mol. The van der Waals surface area contributed by atoms with Crippen LogP contribution in [0.4, 0.5) is 14.9 Å². The van der Waals surface area contributed by atoms with E-state index in [0.717, 1.165) is 31.2 Å². The van der Waals surface area contributed by atoms with Crippen LogP contribution in [0.25, 0.3) is 0 Å². The number of halogens is 1. The molecule has 1 aliphatic carbocycles. The van der Waals surface area contributed by atoms with E-state index in [-0.39, 0.29) is 55.4 Å². The summed E-state index contributed by atoms with van der Waals surface area (Å²) in [6, 6.07) is 11.6. The Morgan fingerprint density at radius 3 is 2.72 bits per heavy atom. The number of benzene rings is 2. The summed E-state index contributed by atoms with van der Waals surface area (Å²) in [6.45, 7) is -0.00579. The van der Waals surface area contributed by atoms with Crippen LogP contribution in [-0.2, 0) is 16.1 Å². The van der Waals surface area contributed by atoms with Gasteiger partial charge < -0.3 is 30.5 Å². The topological polar surface area (TPSA) is 109 Å². The summed E-state index contributed by atoms with van der Waals surface area (Å²) in [5.41, 5.74) is 2.28. The van der Waals surface area contributed by atoms with E-state index in [0.29, 0.717) is 23.4 Å². The van der Waals surface area contributed by atoms with Gasteiger partial charge in [0.15, 0.2) is 0 Å². The van der Waals surface area contributed by atoms with Crippen LogP contribution in [0.1, 0.15) is 55.6 Å². The number of nitrogens with one attached hydrogen (secondary N) is 3. The zero-order valence-electron chi connectivity index (χ0n) is 20.0. The molecule has 3 aliphatic rings. The van der Waals surface area contributed by atoms with E-state index < -0.39 is 12.2 Å². The van der Waals surface area contributed by atoms with Crippen molar-refractivity contribution in [2.45, 2.75) is 75.3 Å². The number of amides is 3. The van der Waals surface area contributed by atoms with Gasteiger partial charge in [-0.2, -0.15) is 0 Å². The van der Waals surface area contributed by atoms with Crippen LogP contribution in [0, 0.1) is 5.82 Å². The average Bonchev–Trinajstić information content (AvgIpc) is 3.50. The first-order valence-corrected chi connectivity index (χ1v) is 12.6. The molecule has 2 fully saturated rings. The number of urea groups is 1. The second-order valence-corrected chi connectivity index (χ2v) is 9.85. The Morgan fingerprint density at radius 2 is 1.94 bits per heavy atom. The number of carbonyl (C=O) groups is 2. The van der Waals surface area contributed by atoms with Crippen molar-refractivity contribution in [1.29, 1.82) is 0 Å². The summed E-state index contributed by atoms with van der Waals surface area (Å²) in [5.74, 6) is 0.0630. The Bertz CT molecular complexity index is 1110. The van der Waals surface area contributed by atoms with Crippen LogP contribution in [-0.4, -0.2) is 48.0 Å². The number of hydrogen-bond donors (Lipinski definition) is 4. The van der Waals surface area contributed by atoms with Gasteiger partial charge in [0.2, 0.25) is 5.91 Å². The van der Waals surface area contributed by atoms with E-state index >= 15 is 0 Å². The summed E-state index contributed by atoms with van der Waals surface area (Å²) in [4.78, 5) is 25.0. The summed E-state index contributed by atoms with van der Waals surface area (Å²) in [7, 11) is 0. The molecule has 0 radical (unpaired) electrons. The minimum Gasteiger partial charge on any atom is -0.487 e. The third kappa shape index (κ3) is 5.63. The maximum Gasteiger partial charge on any atom is 0.319 e. The number of aliphatic hydroxyl groups is 1. The molecule has 0 bridgehead atoms. The summed E-state index contributed by atoms with van der Waals surface area (Å²) < 4.78 is 25.5. The van der Waals surface area contributed by atoms with Gasteiger partial charge >= 0.3 is 6.03 Å². The highest BCUT2D eigenvalue weighted by molar-refractivity contribution is 5.89. The molecule has 2 aromatic carbocycles. The van der Waals surface area contributed by atoms with Crippen LogP contribution < -0.4 is 20.7 Å². The molecular weight excluding hydrogens is 465 g/mol. The van der Waals surface area contributed by atoms with Crippen molar-refractivity contribution in [2.75, 3.05) is 11.9 Å². The zero-order chi connectivity index (χ0) is 25.1. The van der Waals surface area contributed by atoms with Gasteiger partial charge in [-0.3, -0.25) is 4.79 Å². The molecule has 4 atom stereocenters. The highest BCUT2D eigenvalue weighted by atomic mass is 19.1. The quantitative estimate of drug-likeness (QED) is 0.468. The van der Waals surface area contributed by atoms with Crippen LogP contribution in [0.5, 0.6) is 5.75 Å². The average molecular weight is 498 g/mol. The van der Waals surface area contributed by atoms with Crippen molar-refractivity contribution in [3.63, 3.8) is 0 Å². The minimum atomic E-state index is -0.570. The number of anilines is 1. The third-order valence-corrected chi connectivity index (χ3v) is 7.24. The van der Waals surface area contributed by atoms with E-state index in [2.05, 4.69) is 16.0 Å². The number of hydrogen-bond acceptors (Lipinski definition) is 5. The fourth-order valence-electron chi connectivity index (χ4n) is 5.52. The normalized spacial score (nSPS) is 24.9. The molecule has 0 aromatic heterocycles. The van der Waals surface area contributed by atoms with Crippen LogP contribution in [0.15, 0.2) is 42.5 Å². The first-order chi connectivity index (χ1) is 17.5. The molecule has 8 nitrogen and oxygen atoms in total. The molecule has 2 aromatic rings. The second-order valence-electron chi connectivity index (χ2n) is 9.85. The van der Waals surface area contributed by atoms with Gasteiger partial charge in [-0.15, -0.1) is 0 Å². The van der Waals surface area contributed by atoms with Gasteiger partial charge in [-0.1, -0.05) is 25.0 Å². The maximum atomic E-state index is 13.4. The maximum absolute atomic E-state index is 13.4. The summed E-state index contributed by atoms with van der Waals surface area (Å²) >= 11 is 0. The second kappa shape index (κ2) is 10.8. The van der Waals surface area contributed by atoms with Crippen LogP contribution in [0.2, 0.25) is 0 Å². The lowest BCUT2D eigenvalue weighted by molar-refractivity contribution is -0.142. The predicted octanol–water partition coefficient (Wildman–Crippen LogP) is 3.59. The zero-order valence-corrected chi connectivity index (χ0v) is 20.0. The first-order valence-electron chi connectivity index (χ1n) is 12.6. The molecule has 36 heavy (non-hydrogen) atoms. The molecule has 5 rings (SSSR count). The molecule has 4 N–H and O–H groups in total. The minimum absolute atomic E-state index is 0.0773. The highest BCUT2D eigenvalue weighted by Crippen LogP contribution is 2.47. The van der Waals surface area contributed by atoms with Crippen molar-refractivity contribution in [3.8, 4) is 5.75 Å². The fourth-order valence-corrected chi connectivity index (χ4v) is 5.52. The molecule has 192 valence electrons. The van der Waals surface area contributed by atoms with Gasteiger partial charge in [-0.05, 0) is 55.2 Å². The van der Waals surface area contributed by atoms with Gasteiger partial charge in [0.25, 0.3) is 0 Å². The Kier molecular flexibility index (Phi) is 7.38. The van der Waals surface area contributed by atoms with E-state index in [9.17, 15) is 19.1 Å². The summed E-state index contributed by atoms with van der Waals surface area (Å²) in [6.07, 6.45) is 3.62. The van der Waals surface area contributed by atoms with Crippen molar-refractivity contribution < 1.29 is 28.6 Å². The van der Waals surface area contributed by atoms with Crippen molar-refractivity contribution >= 4 is 17.6 Å². The highest BCUT2D eigenvalue weighted by Gasteiger charge is 2.46. The van der Waals surface area contributed by atoms with E-state index in [1.54, 1.807) is 18.2 Å². The van der Waals surface area contributed by atoms with Crippen molar-refractivity contribution in [3.05, 3.63) is 59.4 Å². The number of rotatable bonds is 7. The number of carbonyl (C=O) groups excluding carboxylic acids is 2. The van der Waals surface area contributed by atoms with Gasteiger partial charge in [0.05, 0.1) is 19.1 Å². The number of ether oxygens (including phenoxy) is 2. The molecule has 0 unspecified atom stereocenters. The standard InChI is InChI=1S/C27H32FN3O5/c28-17-5-3-4-16(10-17)14-29-25(33)13-20-12-22-21-11-19(31-27(34)30-18-6-1-2-7-18)8-9-23(21)36-26(22)24(15-32)35-20/h3-5,8-11,18,20,22,24,26,32H,1-2,6-7,12-15H2,(H,29,33)(H2,30,31,34)/t20-,22+,24-,26-/m0/s1. The Labute approximate surface area is 209 Å². The molecule has 2 aliphatic heterocycles. The molecule has 1 saturated carbocycles. The van der Waals surface area contributed by atoms with Crippen molar-refractivity contribution in [1.82, 2.24) is 10.6 Å². The molecule has 1 saturated heterocycles. The lowest BCUT2D eigenvalue weighted by Crippen LogP contribution is -2.47. The molecule has 2 heterocycles. The van der Waals surface area contributed by atoms with Gasteiger partial charge in [0.1, 0.15) is 23.8 Å². The Morgan fingerprint density at radius 1 is 1.11 bits per heavy atom. The SMILES string of the molecule is O=C(C[C@@H]1C[C@@H]2c3cc(NC(=O)NC4CCCC4)ccc3O[C@@H]2[C@H](CO)O1)NCc1cccc(F)c1. The Hall–Kier alpha value is -3.17. The van der Waals surface area contributed by atoms with Crippen LogP contribution in [0.3, 0.4) is 0 Å². The lowest BCUT2D eigenvalue weighted by atomic mass is 9.84. The fraction of sp³-hybridized carbons (Fsp3) is 0.481. The van der Waals surface area contributed by atoms with E-state index in [1.807, 2.05) is 12.1 Å². The molecule has 9 heteroatoms. The molecule has 3 amide bonds. The number of aliphatic hydroxyl groups excluding tert-OH is 1. The molecule has 0 spiro atoms. The van der Waals surface area contributed by atoms with E-state index in [1.165, 1.54) is 12.1 Å². The first kappa shape index (κ1) is 24.5. The summed E-state index contributed by atoms with van der Waals surface area (Å²) in [5, 5.41) is 18.7. The van der Waals surface area contributed by atoms with Crippen LogP contribution >= 0.6 is 0 Å². The monoisotopic (exact) mass is 497 g/mol. The van der Waals surface area contributed by atoms with Gasteiger partial charge in [-0.25, -0.2) is 9.18 Å². The van der Waals surface area contributed by atoms with E-state index in [4.69, 9.17) is 9.47 Å². The third-order valence-electron chi connectivity index (χ3n) is 7.24. The lowest BCUT2D eigenvalue weighted by Gasteiger charge is -2.37. The molecular formula is C27H32FN3O5.